The molecule has 1 N–H and O–H groups in total. The van der Waals surface area contributed by atoms with Crippen LogP contribution in [0.4, 0.5) is 0 Å². The molecule has 5 nitrogen and oxygen atoms in total. The van der Waals surface area contributed by atoms with Gasteiger partial charge in [0.15, 0.2) is 5.82 Å². The summed E-state index contributed by atoms with van der Waals surface area (Å²) in [6, 6.07) is 3.88. The first kappa shape index (κ1) is 13.7. The van der Waals surface area contributed by atoms with Crippen molar-refractivity contribution in [2.75, 3.05) is 0 Å². The number of fused-ring (bicyclic) bond motifs is 1. The third-order valence-corrected chi connectivity index (χ3v) is 3.76. The zero-order chi connectivity index (χ0) is 14.7. The van der Waals surface area contributed by atoms with E-state index in [1.54, 1.807) is 12.4 Å². The molecule has 21 heavy (non-hydrogen) atoms. The maximum Gasteiger partial charge on any atom is 0.220 e. The summed E-state index contributed by atoms with van der Waals surface area (Å²) >= 11 is 0. The third-order valence-electron chi connectivity index (χ3n) is 3.76. The lowest BCUT2D eigenvalue weighted by Crippen LogP contribution is -2.30. The fourth-order valence-corrected chi connectivity index (χ4v) is 2.63. The van der Waals surface area contributed by atoms with Crippen LogP contribution in [0.5, 0.6) is 0 Å². The number of carbonyl (C=O) groups excluding carboxylic acids is 1. The predicted molar refractivity (Wildman–Crippen MR) is 79.4 cm³/mol. The van der Waals surface area contributed by atoms with E-state index in [0.717, 1.165) is 36.1 Å². The molecule has 108 valence electrons. The smallest absolute Gasteiger partial charge is 0.220 e. The number of amides is 1. The van der Waals surface area contributed by atoms with Gasteiger partial charge in [0.2, 0.25) is 5.91 Å². The number of hydrogen-bond donors (Lipinski definition) is 1. The van der Waals surface area contributed by atoms with Gasteiger partial charge in [0, 0.05) is 41.8 Å². The number of nitrogens with one attached hydrogen (secondary N) is 1. The molecule has 2 heterocycles. The van der Waals surface area contributed by atoms with Crippen molar-refractivity contribution in [3.8, 4) is 11.4 Å². The van der Waals surface area contributed by atoms with Gasteiger partial charge in [0.05, 0.1) is 6.04 Å². The van der Waals surface area contributed by atoms with Crippen molar-refractivity contribution < 1.29 is 4.79 Å². The number of carbonyl (C=O) groups is 1. The summed E-state index contributed by atoms with van der Waals surface area (Å²) in [6.07, 6.45) is 8.77. The summed E-state index contributed by atoms with van der Waals surface area (Å²) in [5.41, 5.74) is 3.01. The van der Waals surface area contributed by atoms with Crippen LogP contribution in [0.15, 0.2) is 30.7 Å². The highest BCUT2D eigenvalue weighted by Gasteiger charge is 2.23. The van der Waals surface area contributed by atoms with Crippen LogP contribution in [0.1, 0.15) is 43.5 Å². The molecule has 2 aromatic heterocycles. The third kappa shape index (κ3) is 2.91. The van der Waals surface area contributed by atoms with Gasteiger partial charge >= 0.3 is 0 Å². The minimum atomic E-state index is 0.0455. The number of hydrogen-bond acceptors (Lipinski definition) is 4. The zero-order valence-electron chi connectivity index (χ0n) is 12.0. The highest BCUT2D eigenvalue weighted by molar-refractivity contribution is 5.76. The molecule has 0 radical (unpaired) electrons. The SMILES string of the molecule is CCC(=O)NC1CCCc2nc(-c3cccnc3)ncc21. The van der Waals surface area contributed by atoms with E-state index < -0.39 is 0 Å². The quantitative estimate of drug-likeness (QED) is 0.939. The second-order valence-corrected chi connectivity index (χ2v) is 5.20. The van der Waals surface area contributed by atoms with Gasteiger partial charge in [-0.2, -0.15) is 0 Å². The summed E-state index contributed by atoms with van der Waals surface area (Å²) in [5.74, 6) is 0.772. The van der Waals surface area contributed by atoms with Gasteiger partial charge in [-0.25, -0.2) is 9.97 Å². The van der Waals surface area contributed by atoms with Crippen molar-refractivity contribution in [1.29, 1.82) is 0 Å². The first-order valence-electron chi connectivity index (χ1n) is 7.33. The van der Waals surface area contributed by atoms with Crippen molar-refractivity contribution in [3.63, 3.8) is 0 Å². The van der Waals surface area contributed by atoms with Crippen LogP contribution in [0.25, 0.3) is 11.4 Å². The Morgan fingerprint density at radius 1 is 1.43 bits per heavy atom. The molecule has 0 fully saturated rings. The number of rotatable bonds is 3. The Labute approximate surface area is 123 Å². The van der Waals surface area contributed by atoms with E-state index in [0.29, 0.717) is 12.2 Å². The molecule has 1 unspecified atom stereocenters. The first-order valence-corrected chi connectivity index (χ1v) is 7.33. The predicted octanol–water partition coefficient (Wildman–Crippen LogP) is 2.44. The van der Waals surface area contributed by atoms with E-state index in [-0.39, 0.29) is 11.9 Å². The fourth-order valence-electron chi connectivity index (χ4n) is 2.63. The molecule has 0 bridgehead atoms. The van der Waals surface area contributed by atoms with Gasteiger partial charge in [-0.1, -0.05) is 6.92 Å². The summed E-state index contributed by atoms with van der Waals surface area (Å²) in [4.78, 5) is 24.8. The maximum atomic E-state index is 11.6. The molecule has 0 aliphatic heterocycles. The Morgan fingerprint density at radius 2 is 2.33 bits per heavy atom. The molecule has 5 heteroatoms. The van der Waals surface area contributed by atoms with Crippen LogP contribution in [0.2, 0.25) is 0 Å². The van der Waals surface area contributed by atoms with E-state index in [1.807, 2.05) is 25.3 Å². The standard InChI is InChI=1S/C16H18N4O/c1-2-15(21)19-13-6-3-7-14-12(13)10-18-16(20-14)11-5-4-8-17-9-11/h4-5,8-10,13H,2-3,6-7H2,1H3,(H,19,21). The lowest BCUT2D eigenvalue weighted by atomic mass is 9.92. The second-order valence-electron chi connectivity index (χ2n) is 5.20. The van der Waals surface area contributed by atoms with Crippen molar-refractivity contribution in [2.45, 2.75) is 38.6 Å². The Balaban J connectivity index is 1.90. The van der Waals surface area contributed by atoms with Crippen LogP contribution >= 0.6 is 0 Å². The van der Waals surface area contributed by atoms with Gasteiger partial charge in [0.1, 0.15) is 0 Å². The van der Waals surface area contributed by atoms with Crippen LogP contribution < -0.4 is 5.32 Å². The van der Waals surface area contributed by atoms with E-state index in [4.69, 9.17) is 0 Å². The van der Waals surface area contributed by atoms with Crippen molar-refractivity contribution >= 4 is 5.91 Å². The van der Waals surface area contributed by atoms with E-state index in [1.165, 1.54) is 0 Å². The summed E-state index contributed by atoms with van der Waals surface area (Å²) in [5, 5.41) is 3.05. The van der Waals surface area contributed by atoms with Crippen molar-refractivity contribution in [3.05, 3.63) is 42.0 Å². The second kappa shape index (κ2) is 5.99. The number of pyridine rings is 1. The van der Waals surface area contributed by atoms with Crippen LogP contribution in [0.3, 0.4) is 0 Å². The van der Waals surface area contributed by atoms with Crippen LogP contribution in [0, 0.1) is 0 Å². The Hall–Kier alpha value is -2.30. The molecule has 2 aromatic rings. The molecule has 1 aliphatic carbocycles. The average molecular weight is 282 g/mol. The fraction of sp³-hybridized carbons (Fsp3) is 0.375. The van der Waals surface area contributed by atoms with Crippen molar-refractivity contribution in [2.24, 2.45) is 0 Å². The minimum Gasteiger partial charge on any atom is -0.349 e. The summed E-state index contributed by atoms with van der Waals surface area (Å²) in [7, 11) is 0. The number of nitrogens with zero attached hydrogens (tertiary/aromatic N) is 3. The molecule has 1 amide bonds. The topological polar surface area (TPSA) is 67.8 Å². The summed E-state index contributed by atoms with van der Waals surface area (Å²) < 4.78 is 0. The Morgan fingerprint density at radius 3 is 3.10 bits per heavy atom. The normalized spacial score (nSPS) is 17.1. The summed E-state index contributed by atoms with van der Waals surface area (Å²) in [6.45, 7) is 1.86. The van der Waals surface area contributed by atoms with Crippen molar-refractivity contribution in [1.82, 2.24) is 20.3 Å². The molecular weight excluding hydrogens is 264 g/mol. The highest BCUT2D eigenvalue weighted by atomic mass is 16.1. The Bertz CT molecular complexity index is 642. The van der Waals surface area contributed by atoms with Gasteiger partial charge in [0.25, 0.3) is 0 Å². The van der Waals surface area contributed by atoms with Gasteiger partial charge in [-0.15, -0.1) is 0 Å². The minimum absolute atomic E-state index is 0.0455. The largest absolute Gasteiger partial charge is 0.349 e. The molecule has 1 aliphatic rings. The molecule has 1 atom stereocenters. The number of aryl methyl sites for hydroxylation is 1. The Kier molecular flexibility index (Phi) is 3.90. The van der Waals surface area contributed by atoms with E-state index >= 15 is 0 Å². The first-order chi connectivity index (χ1) is 10.3. The van der Waals surface area contributed by atoms with Gasteiger partial charge in [-0.3, -0.25) is 9.78 Å². The molecule has 0 saturated carbocycles. The average Bonchev–Trinajstić information content (AvgIpc) is 2.55. The van der Waals surface area contributed by atoms with Gasteiger partial charge < -0.3 is 5.32 Å². The van der Waals surface area contributed by atoms with Gasteiger partial charge in [-0.05, 0) is 31.4 Å². The zero-order valence-corrected chi connectivity index (χ0v) is 12.0. The van der Waals surface area contributed by atoms with Crippen LogP contribution in [-0.2, 0) is 11.2 Å². The van der Waals surface area contributed by atoms with E-state index in [9.17, 15) is 4.79 Å². The number of aromatic nitrogens is 3. The lowest BCUT2D eigenvalue weighted by molar-refractivity contribution is -0.121. The molecule has 3 rings (SSSR count). The lowest BCUT2D eigenvalue weighted by Gasteiger charge is -2.25. The molecule has 0 aromatic carbocycles. The highest BCUT2D eigenvalue weighted by Crippen LogP contribution is 2.29. The van der Waals surface area contributed by atoms with Crippen LogP contribution in [-0.4, -0.2) is 20.9 Å². The maximum absolute atomic E-state index is 11.6. The molecular formula is C16H18N4O. The molecule has 0 spiro atoms. The monoisotopic (exact) mass is 282 g/mol. The van der Waals surface area contributed by atoms with E-state index in [2.05, 4.69) is 20.3 Å². The molecule has 0 saturated heterocycles.